The molecule has 5 nitrogen and oxygen atoms in total. The molecular formula is C7H9N3O2S. The van der Waals surface area contributed by atoms with Crippen LogP contribution in [0.1, 0.15) is 6.92 Å². The van der Waals surface area contributed by atoms with Crippen LogP contribution in [0.5, 0.6) is 0 Å². The number of nitrogens with zero attached hydrogens (tertiary/aromatic N) is 2. The van der Waals surface area contributed by atoms with Gasteiger partial charge in [0.25, 0.3) is 0 Å². The minimum atomic E-state index is -0.457. The highest BCUT2D eigenvalue weighted by Crippen LogP contribution is 2.25. The van der Waals surface area contributed by atoms with Crippen LogP contribution in [0, 0.1) is 10.1 Å². The Labute approximate surface area is 79.3 Å². The molecule has 0 aliphatic heterocycles. The lowest BCUT2D eigenvalue weighted by molar-refractivity contribution is -0.380. The summed E-state index contributed by atoms with van der Waals surface area (Å²) < 4.78 is 0. The van der Waals surface area contributed by atoms with Crippen LogP contribution in [-0.4, -0.2) is 15.9 Å². The van der Waals surface area contributed by atoms with Gasteiger partial charge in [-0.3, -0.25) is 10.1 Å². The second-order valence-electron chi connectivity index (χ2n) is 2.43. The first kappa shape index (κ1) is 9.66. The predicted octanol–water partition coefficient (Wildman–Crippen LogP) is 2.04. The third kappa shape index (κ3) is 2.51. The fourth-order valence-electron chi connectivity index (χ4n) is 0.670. The van der Waals surface area contributed by atoms with Crippen molar-refractivity contribution in [3.05, 3.63) is 29.0 Å². The number of aromatic nitrogens is 1. The maximum Gasteiger partial charge on any atom is 0.345 e. The summed E-state index contributed by atoms with van der Waals surface area (Å²) in [7, 11) is 0. The summed E-state index contributed by atoms with van der Waals surface area (Å²) in [5, 5.41) is 13.8. The van der Waals surface area contributed by atoms with Gasteiger partial charge in [0.1, 0.15) is 6.20 Å². The van der Waals surface area contributed by atoms with Gasteiger partial charge in [0.05, 0.1) is 4.92 Å². The summed E-state index contributed by atoms with van der Waals surface area (Å²) in [4.78, 5) is 13.7. The molecule has 1 N–H and O–H groups in total. The Bertz CT molecular complexity index is 323. The van der Waals surface area contributed by atoms with Crippen molar-refractivity contribution in [3.8, 4) is 0 Å². The summed E-state index contributed by atoms with van der Waals surface area (Å²) in [6.07, 6.45) is 2.94. The summed E-state index contributed by atoms with van der Waals surface area (Å²) in [5.41, 5.74) is 0. The number of nitrogens with one attached hydrogen (secondary N) is 1. The number of hydrogen-bond donors (Lipinski definition) is 1. The van der Waals surface area contributed by atoms with Crippen molar-refractivity contribution in [2.75, 3.05) is 5.32 Å². The zero-order valence-electron chi connectivity index (χ0n) is 7.06. The van der Waals surface area contributed by atoms with E-state index in [1.54, 1.807) is 6.08 Å². The summed E-state index contributed by atoms with van der Waals surface area (Å²) in [6, 6.07) is 0.0609. The third-order valence-electron chi connectivity index (χ3n) is 1.38. The van der Waals surface area contributed by atoms with E-state index in [0.717, 1.165) is 11.3 Å². The van der Waals surface area contributed by atoms with Crippen molar-refractivity contribution in [1.29, 1.82) is 0 Å². The van der Waals surface area contributed by atoms with Crippen LogP contribution < -0.4 is 5.32 Å². The maximum absolute atomic E-state index is 10.3. The molecule has 0 saturated carbocycles. The molecule has 1 heterocycles. The minimum Gasteiger partial charge on any atom is -0.355 e. The van der Waals surface area contributed by atoms with Gasteiger partial charge < -0.3 is 5.32 Å². The Balaban J connectivity index is 2.69. The lowest BCUT2D eigenvalue weighted by atomic mass is 10.3. The number of nitro groups is 1. The summed E-state index contributed by atoms with van der Waals surface area (Å²) in [6.45, 7) is 5.47. The van der Waals surface area contributed by atoms with E-state index < -0.39 is 4.92 Å². The lowest BCUT2D eigenvalue weighted by Crippen LogP contribution is -2.10. The molecule has 0 aliphatic carbocycles. The second-order valence-corrected chi connectivity index (χ2v) is 3.44. The monoisotopic (exact) mass is 199 g/mol. The average Bonchev–Trinajstić information content (AvgIpc) is 2.52. The van der Waals surface area contributed by atoms with Gasteiger partial charge in [0.15, 0.2) is 5.13 Å². The molecule has 1 atom stereocenters. The normalized spacial score (nSPS) is 12.1. The van der Waals surface area contributed by atoms with E-state index in [2.05, 4.69) is 16.9 Å². The van der Waals surface area contributed by atoms with Crippen molar-refractivity contribution < 1.29 is 4.92 Å². The zero-order chi connectivity index (χ0) is 9.84. The van der Waals surface area contributed by atoms with Crippen molar-refractivity contribution in [2.45, 2.75) is 13.0 Å². The molecule has 1 rings (SSSR count). The Morgan fingerprint density at radius 1 is 1.92 bits per heavy atom. The second kappa shape index (κ2) is 3.99. The SMILES string of the molecule is C=CC(C)Nc1ncc([N+](=O)[O-])s1. The van der Waals surface area contributed by atoms with E-state index in [-0.39, 0.29) is 11.0 Å². The van der Waals surface area contributed by atoms with Gasteiger partial charge in [-0.15, -0.1) is 6.58 Å². The highest BCUT2D eigenvalue weighted by molar-refractivity contribution is 7.18. The quantitative estimate of drug-likeness (QED) is 0.457. The molecule has 6 heteroatoms. The Morgan fingerprint density at radius 2 is 2.62 bits per heavy atom. The number of hydrogen-bond acceptors (Lipinski definition) is 5. The molecule has 1 unspecified atom stereocenters. The highest BCUT2D eigenvalue weighted by Gasteiger charge is 2.11. The molecule has 1 aromatic heterocycles. The first-order chi connectivity index (χ1) is 6.13. The lowest BCUT2D eigenvalue weighted by Gasteiger charge is -2.04. The van der Waals surface area contributed by atoms with Crippen molar-refractivity contribution >= 4 is 21.5 Å². The van der Waals surface area contributed by atoms with Gasteiger partial charge in [-0.1, -0.05) is 6.08 Å². The largest absolute Gasteiger partial charge is 0.355 e. The number of rotatable bonds is 4. The van der Waals surface area contributed by atoms with Gasteiger partial charge in [-0.2, -0.15) is 0 Å². The van der Waals surface area contributed by atoms with E-state index in [1.807, 2.05) is 6.92 Å². The zero-order valence-corrected chi connectivity index (χ0v) is 7.87. The molecule has 70 valence electrons. The third-order valence-corrected chi connectivity index (χ3v) is 2.26. The molecule has 0 saturated heterocycles. The van der Waals surface area contributed by atoms with Crippen LogP contribution in [-0.2, 0) is 0 Å². The molecule has 1 aromatic rings. The van der Waals surface area contributed by atoms with Gasteiger partial charge in [0.2, 0.25) is 0 Å². The molecule has 0 bridgehead atoms. The van der Waals surface area contributed by atoms with Crippen LogP contribution in [0.15, 0.2) is 18.9 Å². The Hall–Kier alpha value is -1.43. The molecule has 0 aromatic carbocycles. The first-order valence-corrected chi connectivity index (χ1v) is 4.44. The number of anilines is 1. The fraction of sp³-hybridized carbons (Fsp3) is 0.286. The maximum atomic E-state index is 10.3. The smallest absolute Gasteiger partial charge is 0.345 e. The molecule has 0 fully saturated rings. The highest BCUT2D eigenvalue weighted by atomic mass is 32.1. The Kier molecular flexibility index (Phi) is 2.97. The minimum absolute atomic E-state index is 0.0405. The standard InChI is InChI=1S/C7H9N3O2S/c1-3-5(2)9-7-8-4-6(13-7)10(11)12/h3-5H,1H2,2H3,(H,8,9). The van der Waals surface area contributed by atoms with Crippen LogP contribution in [0.4, 0.5) is 10.1 Å². The summed E-state index contributed by atoms with van der Waals surface area (Å²) in [5.74, 6) is 0. The average molecular weight is 199 g/mol. The van der Waals surface area contributed by atoms with Gasteiger partial charge in [-0.05, 0) is 18.3 Å². The molecule has 13 heavy (non-hydrogen) atoms. The first-order valence-electron chi connectivity index (χ1n) is 3.63. The molecular weight excluding hydrogens is 190 g/mol. The van der Waals surface area contributed by atoms with Crippen molar-refractivity contribution in [2.24, 2.45) is 0 Å². The van der Waals surface area contributed by atoms with Crippen LogP contribution >= 0.6 is 11.3 Å². The topological polar surface area (TPSA) is 68.1 Å². The molecule has 0 amide bonds. The van der Waals surface area contributed by atoms with Crippen LogP contribution in [0.25, 0.3) is 0 Å². The van der Waals surface area contributed by atoms with Crippen LogP contribution in [0.2, 0.25) is 0 Å². The molecule has 0 radical (unpaired) electrons. The van der Waals surface area contributed by atoms with Crippen molar-refractivity contribution in [1.82, 2.24) is 4.98 Å². The number of thiazole rings is 1. The van der Waals surface area contributed by atoms with E-state index in [0.29, 0.717) is 5.13 Å². The fourth-order valence-corrected chi connectivity index (χ4v) is 1.40. The predicted molar refractivity (Wildman–Crippen MR) is 52.1 cm³/mol. The molecule has 0 spiro atoms. The Morgan fingerprint density at radius 3 is 3.08 bits per heavy atom. The van der Waals surface area contributed by atoms with Gasteiger partial charge in [0, 0.05) is 6.04 Å². The van der Waals surface area contributed by atoms with E-state index in [4.69, 9.17) is 0 Å². The van der Waals surface area contributed by atoms with Crippen molar-refractivity contribution in [3.63, 3.8) is 0 Å². The van der Waals surface area contributed by atoms with Crippen LogP contribution in [0.3, 0.4) is 0 Å². The van der Waals surface area contributed by atoms with Gasteiger partial charge >= 0.3 is 5.00 Å². The van der Waals surface area contributed by atoms with E-state index in [1.165, 1.54) is 6.20 Å². The van der Waals surface area contributed by atoms with E-state index >= 15 is 0 Å². The molecule has 0 aliphatic rings. The van der Waals surface area contributed by atoms with Gasteiger partial charge in [-0.25, -0.2) is 4.98 Å². The van der Waals surface area contributed by atoms with E-state index in [9.17, 15) is 10.1 Å². The summed E-state index contributed by atoms with van der Waals surface area (Å²) >= 11 is 1.02.